The predicted octanol–water partition coefficient (Wildman–Crippen LogP) is 1.99. The number of aromatic amines is 1. The molecule has 18 heavy (non-hydrogen) atoms. The van der Waals surface area contributed by atoms with E-state index >= 15 is 0 Å². The van der Waals surface area contributed by atoms with Gasteiger partial charge in [0.2, 0.25) is 5.78 Å². The van der Waals surface area contributed by atoms with E-state index in [1.165, 1.54) is 19.3 Å². The lowest BCUT2D eigenvalue weighted by molar-refractivity contribution is 0.0741. The first kappa shape index (κ1) is 13.3. The molecule has 0 spiro atoms. The smallest absolute Gasteiger partial charge is 0.204 e. The minimum absolute atomic E-state index is 0.0272. The van der Waals surface area contributed by atoms with Crippen LogP contribution in [-0.4, -0.2) is 37.1 Å². The van der Waals surface area contributed by atoms with Crippen molar-refractivity contribution in [3.63, 3.8) is 0 Å². The summed E-state index contributed by atoms with van der Waals surface area (Å²) >= 11 is 0. The zero-order valence-corrected chi connectivity index (χ0v) is 10.8. The lowest BCUT2D eigenvalue weighted by atomic mass is 9.95. The maximum atomic E-state index is 11.6. The molecule has 4 nitrogen and oxygen atoms in total. The third-order valence-corrected chi connectivity index (χ3v) is 3.43. The number of rotatable bonds is 7. The van der Waals surface area contributed by atoms with Crippen LogP contribution in [0.15, 0.2) is 18.3 Å². The molecule has 1 aromatic rings. The van der Waals surface area contributed by atoms with Crippen molar-refractivity contribution in [2.24, 2.45) is 5.92 Å². The second kappa shape index (κ2) is 7.34. The summed E-state index contributed by atoms with van der Waals surface area (Å²) in [6.45, 7) is 3.17. The summed E-state index contributed by atoms with van der Waals surface area (Å²) in [4.78, 5) is 14.5. The number of aromatic nitrogens is 1. The number of hydrogen-bond acceptors (Lipinski definition) is 3. The van der Waals surface area contributed by atoms with Crippen molar-refractivity contribution >= 4 is 5.78 Å². The SMILES string of the molecule is O=C(COCCC[C@H]1CCCNC1)c1ccc[nH]1. The first-order valence-electron chi connectivity index (χ1n) is 6.81. The van der Waals surface area contributed by atoms with Gasteiger partial charge in [0.25, 0.3) is 0 Å². The van der Waals surface area contributed by atoms with E-state index in [1.54, 1.807) is 12.3 Å². The molecule has 4 heteroatoms. The Hall–Kier alpha value is -1.13. The maximum Gasteiger partial charge on any atom is 0.204 e. The number of ketones is 1. The third-order valence-electron chi connectivity index (χ3n) is 3.43. The van der Waals surface area contributed by atoms with Crippen LogP contribution in [0.4, 0.5) is 0 Å². The van der Waals surface area contributed by atoms with Crippen molar-refractivity contribution in [1.29, 1.82) is 0 Å². The molecule has 0 amide bonds. The molecule has 100 valence electrons. The minimum Gasteiger partial charge on any atom is -0.373 e. The molecular formula is C14H22N2O2. The molecule has 0 saturated carbocycles. The van der Waals surface area contributed by atoms with Gasteiger partial charge in [-0.15, -0.1) is 0 Å². The number of H-pyrrole nitrogens is 1. The van der Waals surface area contributed by atoms with E-state index in [9.17, 15) is 4.79 Å². The van der Waals surface area contributed by atoms with Crippen LogP contribution < -0.4 is 5.32 Å². The average Bonchev–Trinajstić information content (AvgIpc) is 2.93. The van der Waals surface area contributed by atoms with E-state index in [2.05, 4.69) is 10.3 Å². The average molecular weight is 250 g/mol. The van der Waals surface area contributed by atoms with E-state index in [4.69, 9.17) is 4.74 Å². The molecule has 0 unspecified atom stereocenters. The Morgan fingerprint density at radius 2 is 2.44 bits per heavy atom. The summed E-state index contributed by atoms with van der Waals surface area (Å²) in [6, 6.07) is 3.60. The van der Waals surface area contributed by atoms with Gasteiger partial charge < -0.3 is 15.0 Å². The molecule has 1 aliphatic heterocycles. The normalized spacial score (nSPS) is 19.9. The lowest BCUT2D eigenvalue weighted by Gasteiger charge is -2.22. The van der Waals surface area contributed by atoms with Gasteiger partial charge in [-0.25, -0.2) is 0 Å². The van der Waals surface area contributed by atoms with Gasteiger partial charge in [-0.05, 0) is 56.8 Å². The molecule has 0 radical (unpaired) electrons. The Morgan fingerprint density at radius 1 is 1.50 bits per heavy atom. The van der Waals surface area contributed by atoms with Gasteiger partial charge in [0.1, 0.15) is 6.61 Å². The molecule has 0 bridgehead atoms. The molecule has 0 aromatic carbocycles. The highest BCUT2D eigenvalue weighted by Gasteiger charge is 2.12. The maximum absolute atomic E-state index is 11.6. The van der Waals surface area contributed by atoms with Crippen molar-refractivity contribution in [1.82, 2.24) is 10.3 Å². The first-order valence-corrected chi connectivity index (χ1v) is 6.81. The fraction of sp³-hybridized carbons (Fsp3) is 0.643. The Balaban J connectivity index is 1.52. The number of piperidine rings is 1. The summed E-state index contributed by atoms with van der Waals surface area (Å²) in [7, 11) is 0. The van der Waals surface area contributed by atoms with Gasteiger partial charge in [-0.2, -0.15) is 0 Å². The largest absolute Gasteiger partial charge is 0.373 e. The Kier molecular flexibility index (Phi) is 5.42. The van der Waals surface area contributed by atoms with Gasteiger partial charge in [-0.3, -0.25) is 4.79 Å². The number of nitrogens with one attached hydrogen (secondary N) is 2. The highest BCUT2D eigenvalue weighted by atomic mass is 16.5. The van der Waals surface area contributed by atoms with Crippen LogP contribution in [0.5, 0.6) is 0 Å². The molecule has 1 atom stereocenters. The molecule has 1 saturated heterocycles. The van der Waals surface area contributed by atoms with Crippen molar-refractivity contribution < 1.29 is 9.53 Å². The van der Waals surface area contributed by atoms with E-state index in [0.29, 0.717) is 12.3 Å². The number of carbonyl (C=O) groups excluding carboxylic acids is 1. The molecule has 1 fully saturated rings. The zero-order valence-electron chi connectivity index (χ0n) is 10.8. The van der Waals surface area contributed by atoms with Crippen molar-refractivity contribution in [2.75, 3.05) is 26.3 Å². The van der Waals surface area contributed by atoms with E-state index in [-0.39, 0.29) is 12.4 Å². The third kappa shape index (κ3) is 4.27. The summed E-state index contributed by atoms with van der Waals surface area (Å²) in [6.07, 6.45) is 6.61. The molecule has 0 aliphatic carbocycles. The molecule has 2 rings (SSSR count). The van der Waals surface area contributed by atoms with Gasteiger partial charge in [-0.1, -0.05) is 0 Å². The molecule has 1 aromatic heterocycles. The second-order valence-corrected chi connectivity index (χ2v) is 4.91. The molecule has 2 heterocycles. The number of carbonyl (C=O) groups is 1. The van der Waals surface area contributed by atoms with Crippen LogP contribution in [0.2, 0.25) is 0 Å². The molecule has 2 N–H and O–H groups in total. The number of ether oxygens (including phenoxy) is 1. The Labute approximate surface area is 108 Å². The fourth-order valence-corrected chi connectivity index (χ4v) is 2.39. The monoisotopic (exact) mass is 250 g/mol. The van der Waals surface area contributed by atoms with Crippen LogP contribution in [-0.2, 0) is 4.74 Å². The zero-order chi connectivity index (χ0) is 12.6. The van der Waals surface area contributed by atoms with Gasteiger partial charge in [0.05, 0.1) is 5.69 Å². The topological polar surface area (TPSA) is 54.1 Å². The summed E-state index contributed by atoms with van der Waals surface area (Å²) in [5.74, 6) is 0.820. The van der Waals surface area contributed by atoms with E-state index in [1.807, 2.05) is 6.07 Å². The molecular weight excluding hydrogens is 228 g/mol. The summed E-state index contributed by atoms with van der Waals surface area (Å²) < 4.78 is 5.42. The predicted molar refractivity (Wildman–Crippen MR) is 70.8 cm³/mol. The quantitative estimate of drug-likeness (QED) is 0.575. The van der Waals surface area contributed by atoms with E-state index in [0.717, 1.165) is 25.4 Å². The van der Waals surface area contributed by atoms with Crippen LogP contribution in [0, 0.1) is 5.92 Å². The number of Topliss-reactive ketones (excluding diaryl/α,β-unsaturated/α-hetero) is 1. The van der Waals surface area contributed by atoms with E-state index < -0.39 is 0 Å². The summed E-state index contributed by atoms with van der Waals surface area (Å²) in [5.41, 5.74) is 0.631. The van der Waals surface area contributed by atoms with Gasteiger partial charge >= 0.3 is 0 Å². The van der Waals surface area contributed by atoms with Crippen molar-refractivity contribution in [2.45, 2.75) is 25.7 Å². The van der Waals surface area contributed by atoms with Crippen LogP contribution >= 0.6 is 0 Å². The standard InChI is InChI=1S/C14H22N2O2/c17-14(13-6-2-8-16-13)11-18-9-3-5-12-4-1-7-15-10-12/h2,6,8,12,15-16H,1,3-5,7,9-11H2/t12-/m1/s1. The van der Waals surface area contributed by atoms with Gasteiger partial charge in [0.15, 0.2) is 0 Å². The minimum atomic E-state index is 0.0272. The lowest BCUT2D eigenvalue weighted by Crippen LogP contribution is -2.29. The van der Waals surface area contributed by atoms with Crippen LogP contribution in [0.3, 0.4) is 0 Å². The number of hydrogen-bond donors (Lipinski definition) is 2. The summed E-state index contributed by atoms with van der Waals surface area (Å²) in [5, 5.41) is 3.41. The van der Waals surface area contributed by atoms with Crippen molar-refractivity contribution in [3.05, 3.63) is 24.0 Å². The highest BCUT2D eigenvalue weighted by molar-refractivity contribution is 5.95. The fourth-order valence-electron chi connectivity index (χ4n) is 2.39. The Morgan fingerprint density at radius 3 is 3.17 bits per heavy atom. The van der Waals surface area contributed by atoms with Gasteiger partial charge in [0, 0.05) is 12.8 Å². The van der Waals surface area contributed by atoms with Crippen molar-refractivity contribution in [3.8, 4) is 0 Å². The first-order chi connectivity index (χ1) is 8.86. The van der Waals surface area contributed by atoms with Crippen LogP contribution in [0.25, 0.3) is 0 Å². The van der Waals surface area contributed by atoms with Crippen LogP contribution in [0.1, 0.15) is 36.2 Å². The highest BCUT2D eigenvalue weighted by Crippen LogP contribution is 2.15. The Bertz CT molecular complexity index is 343. The second-order valence-electron chi connectivity index (χ2n) is 4.91. The molecule has 1 aliphatic rings.